The van der Waals surface area contributed by atoms with Crippen LogP contribution in [-0.2, 0) is 35.3 Å². The van der Waals surface area contributed by atoms with Crippen molar-refractivity contribution in [1.29, 1.82) is 0 Å². The van der Waals surface area contributed by atoms with Crippen LogP contribution in [-0.4, -0.2) is 71.5 Å². The summed E-state index contributed by atoms with van der Waals surface area (Å²) < 4.78 is 16.1. The number of carbonyl (C=O) groups is 4. The van der Waals surface area contributed by atoms with Crippen LogP contribution in [0.2, 0.25) is 0 Å². The van der Waals surface area contributed by atoms with E-state index in [0.29, 0.717) is 56.2 Å². The van der Waals surface area contributed by atoms with Crippen molar-refractivity contribution in [3.8, 4) is 5.75 Å². The lowest BCUT2D eigenvalue weighted by molar-refractivity contribution is -0.155. The third-order valence-electron chi connectivity index (χ3n) is 8.26. The average Bonchev–Trinajstić information content (AvgIpc) is 3.06. The number of benzene rings is 1. The fourth-order valence-electron chi connectivity index (χ4n) is 5.76. The zero-order valence-corrected chi connectivity index (χ0v) is 30.2. The van der Waals surface area contributed by atoms with Crippen molar-refractivity contribution in [2.24, 2.45) is 11.8 Å². The van der Waals surface area contributed by atoms with Gasteiger partial charge in [0.25, 0.3) is 6.47 Å². The summed E-state index contributed by atoms with van der Waals surface area (Å²) >= 11 is 0. The zero-order chi connectivity index (χ0) is 35.9. The predicted molar refractivity (Wildman–Crippen MR) is 187 cm³/mol. The van der Waals surface area contributed by atoms with Crippen LogP contribution in [0.15, 0.2) is 48.8 Å². The molecule has 1 aromatic heterocycles. The molecule has 2 aromatic rings. The highest BCUT2D eigenvalue weighted by Gasteiger charge is 2.31. The second-order valence-electron chi connectivity index (χ2n) is 14.8. The summed E-state index contributed by atoms with van der Waals surface area (Å²) in [6.07, 6.45) is 8.35. The van der Waals surface area contributed by atoms with Gasteiger partial charge in [-0.1, -0.05) is 30.3 Å². The smallest absolute Gasteiger partial charge is 0.308 e. The second-order valence-corrected chi connectivity index (χ2v) is 14.8. The topological polar surface area (TPSA) is 136 Å². The van der Waals surface area contributed by atoms with Crippen LogP contribution in [0.1, 0.15) is 104 Å². The SMILES string of the molecule is CC(C)(C)OC(=O)C[C@H](NC(=O)[C@@H]1CCCN(C(=O)CCC2CCNCC2)C1)c1cncc(OCc2ccccc2)c1.CC(C)(C)OC=O. The summed E-state index contributed by atoms with van der Waals surface area (Å²) in [5.74, 6) is 0.338. The van der Waals surface area contributed by atoms with Gasteiger partial charge < -0.3 is 29.7 Å². The lowest BCUT2D eigenvalue weighted by atomic mass is 9.92. The van der Waals surface area contributed by atoms with Crippen LogP contribution < -0.4 is 15.4 Å². The Kier molecular flexibility index (Phi) is 15.5. The highest BCUT2D eigenvalue weighted by molar-refractivity contribution is 5.82. The van der Waals surface area contributed by atoms with Crippen molar-refractivity contribution in [3.05, 3.63) is 59.9 Å². The fourth-order valence-corrected chi connectivity index (χ4v) is 5.76. The monoisotopic (exact) mass is 680 g/mol. The largest absolute Gasteiger partial charge is 0.487 e. The maximum absolute atomic E-state index is 13.6. The van der Waals surface area contributed by atoms with Gasteiger partial charge >= 0.3 is 5.97 Å². The Labute approximate surface area is 291 Å². The van der Waals surface area contributed by atoms with E-state index in [2.05, 4.69) is 20.4 Å². The molecule has 2 aliphatic heterocycles. The Morgan fingerprint density at radius 3 is 2.37 bits per heavy atom. The zero-order valence-electron chi connectivity index (χ0n) is 30.2. The molecule has 0 bridgehead atoms. The van der Waals surface area contributed by atoms with Crippen molar-refractivity contribution < 1.29 is 33.4 Å². The molecule has 2 aliphatic rings. The number of carbonyl (C=O) groups excluding carboxylic acids is 4. The van der Waals surface area contributed by atoms with Crippen LogP contribution in [0.5, 0.6) is 5.75 Å². The first kappa shape index (κ1) is 39.4. The molecule has 0 saturated carbocycles. The Balaban J connectivity index is 0.000000838. The number of aromatic nitrogens is 1. The molecule has 0 spiro atoms. The van der Waals surface area contributed by atoms with E-state index >= 15 is 0 Å². The van der Waals surface area contributed by atoms with E-state index in [-0.39, 0.29) is 29.8 Å². The lowest BCUT2D eigenvalue weighted by Gasteiger charge is -2.33. The molecule has 2 fully saturated rings. The summed E-state index contributed by atoms with van der Waals surface area (Å²) in [7, 11) is 0. The third-order valence-corrected chi connectivity index (χ3v) is 8.26. The molecular formula is C38H56N4O7. The van der Waals surface area contributed by atoms with E-state index in [1.165, 1.54) is 0 Å². The van der Waals surface area contributed by atoms with Crippen LogP contribution in [0.4, 0.5) is 0 Å². The van der Waals surface area contributed by atoms with Crippen molar-refractivity contribution >= 4 is 24.3 Å². The number of hydrogen-bond acceptors (Lipinski definition) is 9. The number of esters is 1. The summed E-state index contributed by atoms with van der Waals surface area (Å²) in [6, 6.07) is 11.0. The van der Waals surface area contributed by atoms with Crippen LogP contribution >= 0.6 is 0 Å². The summed E-state index contributed by atoms with van der Waals surface area (Å²) in [4.78, 5) is 55.2. The Hall–Kier alpha value is -3.99. The van der Waals surface area contributed by atoms with Gasteiger partial charge in [0.2, 0.25) is 11.8 Å². The predicted octanol–water partition coefficient (Wildman–Crippen LogP) is 5.53. The molecule has 1 aromatic carbocycles. The summed E-state index contributed by atoms with van der Waals surface area (Å²) in [6.45, 7) is 14.9. The molecule has 3 heterocycles. The van der Waals surface area contributed by atoms with Gasteiger partial charge in [-0.3, -0.25) is 24.2 Å². The molecular weight excluding hydrogens is 624 g/mol. The first-order valence-electron chi connectivity index (χ1n) is 17.5. The highest BCUT2D eigenvalue weighted by atomic mass is 16.6. The molecule has 2 atom stereocenters. The van der Waals surface area contributed by atoms with E-state index in [4.69, 9.17) is 9.47 Å². The van der Waals surface area contributed by atoms with E-state index in [1.807, 2.05) is 82.8 Å². The maximum atomic E-state index is 13.6. The minimum atomic E-state index is -0.650. The molecule has 4 rings (SSSR count). The number of nitrogens with zero attached hydrogens (tertiary/aromatic N) is 2. The first-order chi connectivity index (χ1) is 23.2. The molecule has 0 radical (unpaired) electrons. The van der Waals surface area contributed by atoms with Crippen molar-refractivity contribution in [2.75, 3.05) is 26.2 Å². The van der Waals surface area contributed by atoms with Gasteiger partial charge in [-0.25, -0.2) is 0 Å². The Morgan fingerprint density at radius 1 is 1.02 bits per heavy atom. The van der Waals surface area contributed by atoms with E-state index < -0.39 is 17.6 Å². The molecule has 49 heavy (non-hydrogen) atoms. The number of piperidine rings is 2. The minimum Gasteiger partial charge on any atom is -0.487 e. The molecule has 2 amide bonds. The summed E-state index contributed by atoms with van der Waals surface area (Å²) in [5, 5.41) is 6.45. The van der Waals surface area contributed by atoms with Gasteiger partial charge in [-0.2, -0.15) is 0 Å². The fraction of sp³-hybridized carbons (Fsp3) is 0.605. The van der Waals surface area contributed by atoms with Gasteiger partial charge in [0.05, 0.1) is 24.6 Å². The molecule has 270 valence electrons. The van der Waals surface area contributed by atoms with Crippen LogP contribution in [0.3, 0.4) is 0 Å². The third kappa shape index (κ3) is 15.4. The number of ether oxygens (including phenoxy) is 3. The Bertz CT molecular complexity index is 1330. The minimum absolute atomic E-state index is 0.0432. The van der Waals surface area contributed by atoms with Crippen molar-refractivity contribution in [3.63, 3.8) is 0 Å². The maximum Gasteiger partial charge on any atom is 0.308 e. The van der Waals surface area contributed by atoms with Gasteiger partial charge in [-0.15, -0.1) is 0 Å². The molecule has 0 aliphatic carbocycles. The van der Waals surface area contributed by atoms with E-state index in [1.54, 1.807) is 12.4 Å². The van der Waals surface area contributed by atoms with Crippen molar-refractivity contribution in [2.45, 2.75) is 110 Å². The van der Waals surface area contributed by atoms with E-state index in [0.717, 1.165) is 44.3 Å². The number of pyridine rings is 1. The van der Waals surface area contributed by atoms with Gasteiger partial charge in [0, 0.05) is 25.7 Å². The van der Waals surface area contributed by atoms with Gasteiger partial charge in [-0.05, 0) is 110 Å². The average molecular weight is 681 g/mol. The molecule has 11 heteroatoms. The standard InChI is InChI=1S/C33H46N4O5.C5H10O2/c1-33(2,3)42-31(39)19-29(27-18-28(21-35-20-27)41-23-25-8-5-4-6-9-25)36-32(40)26-10-7-17-37(22-26)30(38)12-11-24-13-15-34-16-14-24;1-5(2,3)7-4-6/h4-6,8-9,18,20-21,24,26,29,34H,7,10-17,19,22-23H2,1-3H3,(H,36,40);4H,1-3H3/t26-,29+;/m1./s1. The quantitative estimate of drug-likeness (QED) is 0.219. The van der Waals surface area contributed by atoms with Gasteiger partial charge in [0.15, 0.2) is 0 Å². The number of nitrogens with one attached hydrogen (secondary N) is 2. The Morgan fingerprint density at radius 2 is 1.73 bits per heavy atom. The molecule has 2 saturated heterocycles. The van der Waals surface area contributed by atoms with Crippen molar-refractivity contribution in [1.82, 2.24) is 20.5 Å². The van der Waals surface area contributed by atoms with Gasteiger partial charge in [0.1, 0.15) is 23.6 Å². The molecule has 11 nitrogen and oxygen atoms in total. The lowest BCUT2D eigenvalue weighted by Crippen LogP contribution is -2.46. The van der Waals surface area contributed by atoms with Crippen LogP contribution in [0, 0.1) is 11.8 Å². The number of hydrogen-bond donors (Lipinski definition) is 2. The molecule has 0 unspecified atom stereocenters. The second kappa shape index (κ2) is 19.3. The number of likely N-dealkylation sites (tertiary alicyclic amines) is 1. The normalized spacial score (nSPS) is 17.5. The van der Waals surface area contributed by atoms with Crippen LogP contribution in [0.25, 0.3) is 0 Å². The first-order valence-corrected chi connectivity index (χ1v) is 17.5. The van der Waals surface area contributed by atoms with E-state index in [9.17, 15) is 19.2 Å². The molecule has 2 N–H and O–H groups in total. The number of amides is 2. The number of rotatable bonds is 12. The summed E-state index contributed by atoms with van der Waals surface area (Å²) in [5.41, 5.74) is 0.712. The highest BCUT2D eigenvalue weighted by Crippen LogP contribution is 2.26.